The van der Waals surface area contributed by atoms with Crippen LogP contribution >= 0.6 is 24.0 Å². The van der Waals surface area contributed by atoms with Crippen molar-refractivity contribution in [2.24, 2.45) is 4.99 Å². The number of aryl methyl sites for hydroxylation is 3. The van der Waals surface area contributed by atoms with E-state index in [-0.39, 0.29) is 24.0 Å². The van der Waals surface area contributed by atoms with Crippen LogP contribution < -0.4 is 5.32 Å². The number of aromatic nitrogens is 1. The summed E-state index contributed by atoms with van der Waals surface area (Å²) in [6.45, 7) is 11.9. The molecule has 3 rings (SSSR count). The Labute approximate surface area is 185 Å². The minimum atomic E-state index is 0. The summed E-state index contributed by atoms with van der Waals surface area (Å²) in [5, 5.41) is 7.62. The zero-order valence-corrected chi connectivity index (χ0v) is 19.7. The summed E-state index contributed by atoms with van der Waals surface area (Å²) in [7, 11) is 1.86. The fourth-order valence-electron chi connectivity index (χ4n) is 3.70. The van der Waals surface area contributed by atoms with Crippen molar-refractivity contribution in [3.05, 3.63) is 52.4 Å². The molecule has 6 nitrogen and oxygen atoms in total. The van der Waals surface area contributed by atoms with Gasteiger partial charge in [0.2, 0.25) is 0 Å². The first kappa shape index (κ1) is 22.7. The summed E-state index contributed by atoms with van der Waals surface area (Å²) < 4.78 is 5.16. The highest BCUT2D eigenvalue weighted by Crippen LogP contribution is 2.10. The van der Waals surface area contributed by atoms with Crippen LogP contribution in [0.2, 0.25) is 0 Å². The molecule has 1 fully saturated rings. The largest absolute Gasteiger partial charge is 0.361 e. The van der Waals surface area contributed by atoms with Crippen molar-refractivity contribution in [2.75, 3.05) is 39.8 Å². The van der Waals surface area contributed by atoms with E-state index in [0.29, 0.717) is 0 Å². The van der Waals surface area contributed by atoms with Gasteiger partial charge in [0.25, 0.3) is 0 Å². The van der Waals surface area contributed by atoms with Gasteiger partial charge in [-0.15, -0.1) is 24.0 Å². The van der Waals surface area contributed by atoms with E-state index in [9.17, 15) is 0 Å². The van der Waals surface area contributed by atoms with Crippen LogP contribution in [0.3, 0.4) is 0 Å². The third-order valence-electron chi connectivity index (χ3n) is 4.92. The summed E-state index contributed by atoms with van der Waals surface area (Å²) in [5.74, 6) is 1.87. The molecule has 0 unspecified atom stereocenters. The van der Waals surface area contributed by atoms with Gasteiger partial charge in [-0.05, 0) is 32.8 Å². The Bertz CT molecular complexity index is 761. The van der Waals surface area contributed by atoms with Gasteiger partial charge >= 0.3 is 0 Å². The molecule has 7 heteroatoms. The molecule has 0 aliphatic carbocycles. The topological polar surface area (TPSA) is 56.9 Å². The number of hydrogen-bond acceptors (Lipinski definition) is 4. The van der Waals surface area contributed by atoms with Crippen LogP contribution in [-0.2, 0) is 13.0 Å². The first-order chi connectivity index (χ1) is 13.0. The lowest BCUT2D eigenvalue weighted by atomic mass is 10.1. The van der Waals surface area contributed by atoms with Gasteiger partial charge in [-0.2, -0.15) is 0 Å². The molecule has 1 aliphatic rings. The van der Waals surface area contributed by atoms with Crippen LogP contribution in [0.25, 0.3) is 0 Å². The van der Waals surface area contributed by atoms with Gasteiger partial charge in [-0.25, -0.2) is 0 Å². The van der Waals surface area contributed by atoms with Crippen LogP contribution in [0.4, 0.5) is 0 Å². The maximum Gasteiger partial charge on any atom is 0.193 e. The highest BCUT2D eigenvalue weighted by molar-refractivity contribution is 14.0. The quantitative estimate of drug-likeness (QED) is 0.391. The second kappa shape index (κ2) is 10.8. The van der Waals surface area contributed by atoms with E-state index < -0.39 is 0 Å². The standard InChI is InChI=1S/C21H31N5O.HI/c1-16-11-17(2)13-19(12-16)5-6-23-21(22-4)26-9-7-25(8-10-26)15-20-14-18(3)27-24-20;/h11-14H,5-10,15H2,1-4H3,(H,22,23);1H. The van der Waals surface area contributed by atoms with E-state index in [1.54, 1.807) is 0 Å². The molecule has 154 valence electrons. The van der Waals surface area contributed by atoms with Gasteiger partial charge < -0.3 is 14.7 Å². The molecule has 0 bridgehead atoms. The predicted molar refractivity (Wildman–Crippen MR) is 124 cm³/mol. The van der Waals surface area contributed by atoms with E-state index in [2.05, 4.69) is 57.3 Å². The number of guanidine groups is 1. The maximum absolute atomic E-state index is 5.16. The Hall–Kier alpha value is -1.61. The van der Waals surface area contributed by atoms with Crippen molar-refractivity contribution in [3.8, 4) is 0 Å². The molecule has 0 amide bonds. The van der Waals surface area contributed by atoms with E-state index in [4.69, 9.17) is 4.52 Å². The summed E-state index contributed by atoms with van der Waals surface area (Å²) in [6, 6.07) is 8.76. The molecule has 1 saturated heterocycles. The Balaban J connectivity index is 0.00000280. The van der Waals surface area contributed by atoms with Crippen LogP contribution in [0.5, 0.6) is 0 Å². The molecule has 0 radical (unpaired) electrons. The number of piperazine rings is 1. The summed E-state index contributed by atoms with van der Waals surface area (Å²) >= 11 is 0. The number of nitrogens with zero attached hydrogens (tertiary/aromatic N) is 4. The molecule has 2 heterocycles. The lowest BCUT2D eigenvalue weighted by molar-refractivity contribution is 0.169. The van der Waals surface area contributed by atoms with Crippen molar-refractivity contribution < 1.29 is 4.52 Å². The molecule has 1 N–H and O–H groups in total. The van der Waals surface area contributed by atoms with Crippen LogP contribution in [-0.4, -0.2) is 60.7 Å². The third kappa shape index (κ3) is 6.48. The average Bonchev–Trinajstić information content (AvgIpc) is 3.04. The average molecular weight is 497 g/mol. The molecule has 0 atom stereocenters. The molecule has 0 saturated carbocycles. The lowest BCUT2D eigenvalue weighted by Crippen LogP contribution is -2.52. The number of benzene rings is 1. The van der Waals surface area contributed by atoms with Gasteiger partial charge in [0.05, 0.1) is 5.69 Å². The Morgan fingerprint density at radius 2 is 1.75 bits per heavy atom. The van der Waals surface area contributed by atoms with Crippen molar-refractivity contribution in [3.63, 3.8) is 0 Å². The van der Waals surface area contributed by atoms with E-state index >= 15 is 0 Å². The SMILES string of the molecule is CN=C(NCCc1cc(C)cc(C)c1)N1CCN(Cc2cc(C)on2)CC1.I. The van der Waals surface area contributed by atoms with E-state index in [1.165, 1.54) is 16.7 Å². The zero-order valence-electron chi connectivity index (χ0n) is 17.4. The van der Waals surface area contributed by atoms with Gasteiger partial charge in [-0.3, -0.25) is 9.89 Å². The third-order valence-corrected chi connectivity index (χ3v) is 4.92. The Morgan fingerprint density at radius 1 is 1.07 bits per heavy atom. The smallest absolute Gasteiger partial charge is 0.193 e. The van der Waals surface area contributed by atoms with Crippen molar-refractivity contribution in [1.82, 2.24) is 20.3 Å². The molecule has 1 aromatic heterocycles. The second-order valence-corrected chi connectivity index (χ2v) is 7.41. The minimum absolute atomic E-state index is 0. The number of rotatable bonds is 5. The Morgan fingerprint density at radius 3 is 2.32 bits per heavy atom. The van der Waals surface area contributed by atoms with E-state index in [0.717, 1.165) is 63.1 Å². The first-order valence-electron chi connectivity index (χ1n) is 9.71. The molecular formula is C21H32IN5O. The first-order valence-corrected chi connectivity index (χ1v) is 9.71. The fourth-order valence-corrected chi connectivity index (χ4v) is 3.70. The monoisotopic (exact) mass is 497 g/mol. The van der Waals surface area contributed by atoms with Crippen LogP contribution in [0.1, 0.15) is 28.1 Å². The van der Waals surface area contributed by atoms with Gasteiger partial charge in [0.1, 0.15) is 5.76 Å². The van der Waals surface area contributed by atoms with Crippen LogP contribution in [0, 0.1) is 20.8 Å². The number of nitrogens with one attached hydrogen (secondary N) is 1. The minimum Gasteiger partial charge on any atom is -0.361 e. The highest BCUT2D eigenvalue weighted by atomic mass is 127. The molecule has 1 aliphatic heterocycles. The van der Waals surface area contributed by atoms with Gasteiger partial charge in [0, 0.05) is 52.4 Å². The summed E-state index contributed by atoms with van der Waals surface area (Å²) in [6.07, 6.45) is 1.01. The van der Waals surface area contributed by atoms with Gasteiger partial charge in [-0.1, -0.05) is 34.5 Å². The molecule has 28 heavy (non-hydrogen) atoms. The number of hydrogen-bond donors (Lipinski definition) is 1. The fraction of sp³-hybridized carbons (Fsp3) is 0.524. The highest BCUT2D eigenvalue weighted by Gasteiger charge is 2.20. The second-order valence-electron chi connectivity index (χ2n) is 7.41. The Kier molecular flexibility index (Phi) is 8.75. The number of halogens is 1. The molecular weight excluding hydrogens is 465 g/mol. The number of aliphatic imine (C=N–C) groups is 1. The molecule has 2 aromatic rings. The summed E-state index contributed by atoms with van der Waals surface area (Å²) in [4.78, 5) is 9.23. The van der Waals surface area contributed by atoms with Crippen molar-refractivity contribution in [2.45, 2.75) is 33.7 Å². The van der Waals surface area contributed by atoms with E-state index in [1.807, 2.05) is 20.0 Å². The van der Waals surface area contributed by atoms with Gasteiger partial charge in [0.15, 0.2) is 5.96 Å². The zero-order chi connectivity index (χ0) is 19.2. The summed E-state index contributed by atoms with van der Waals surface area (Å²) in [5.41, 5.74) is 5.04. The lowest BCUT2D eigenvalue weighted by Gasteiger charge is -2.36. The normalized spacial score (nSPS) is 15.4. The molecule has 0 spiro atoms. The van der Waals surface area contributed by atoms with Crippen LogP contribution in [0.15, 0.2) is 33.8 Å². The predicted octanol–water partition coefficient (Wildman–Crippen LogP) is 3.15. The molecule has 1 aromatic carbocycles. The van der Waals surface area contributed by atoms with Crippen molar-refractivity contribution in [1.29, 1.82) is 0 Å². The van der Waals surface area contributed by atoms with Crippen molar-refractivity contribution >= 4 is 29.9 Å². The maximum atomic E-state index is 5.16.